The van der Waals surface area contributed by atoms with Crippen molar-refractivity contribution in [2.45, 2.75) is 19.3 Å². The second kappa shape index (κ2) is 9.70. The Bertz CT molecular complexity index is 367. The summed E-state index contributed by atoms with van der Waals surface area (Å²) in [4.78, 5) is 0. The van der Waals surface area contributed by atoms with Crippen molar-refractivity contribution in [1.29, 1.82) is 0 Å². The molecule has 1 aliphatic heterocycles. The van der Waals surface area contributed by atoms with E-state index in [4.69, 9.17) is 24.1 Å². The molecule has 0 atom stereocenters. The first-order valence-corrected chi connectivity index (χ1v) is 8.92. The zero-order valence-electron chi connectivity index (χ0n) is 12.7. The smallest absolute Gasteiger partial charge is 0.209 e. The second-order valence-corrected chi connectivity index (χ2v) is 7.05. The minimum Gasteiger partial charge on any atom is -0.382 e. The SMILES string of the molecule is COCCOCCCOCC1(CS(N)(=O)=O)CCOCC1. The average Bonchev–Trinajstić information content (AvgIpc) is 2.41. The fourth-order valence-electron chi connectivity index (χ4n) is 2.36. The van der Waals surface area contributed by atoms with Crippen LogP contribution in [0.1, 0.15) is 19.3 Å². The van der Waals surface area contributed by atoms with Crippen LogP contribution >= 0.6 is 0 Å². The first kappa shape index (κ1) is 18.8. The summed E-state index contributed by atoms with van der Waals surface area (Å²) < 4.78 is 43.9. The van der Waals surface area contributed by atoms with Gasteiger partial charge in [-0.05, 0) is 19.3 Å². The third kappa shape index (κ3) is 8.70. The van der Waals surface area contributed by atoms with Crippen molar-refractivity contribution in [3.63, 3.8) is 0 Å². The molecule has 0 aromatic rings. The van der Waals surface area contributed by atoms with Gasteiger partial charge in [0.05, 0.1) is 25.6 Å². The van der Waals surface area contributed by atoms with Gasteiger partial charge in [0.25, 0.3) is 0 Å². The van der Waals surface area contributed by atoms with E-state index in [1.807, 2.05) is 0 Å². The largest absolute Gasteiger partial charge is 0.382 e. The van der Waals surface area contributed by atoms with Gasteiger partial charge in [-0.1, -0.05) is 0 Å². The van der Waals surface area contributed by atoms with Crippen LogP contribution < -0.4 is 5.14 Å². The quantitative estimate of drug-likeness (QED) is 0.543. The number of ether oxygens (including phenoxy) is 4. The Labute approximate surface area is 127 Å². The highest BCUT2D eigenvalue weighted by molar-refractivity contribution is 7.89. The third-order valence-electron chi connectivity index (χ3n) is 3.48. The standard InChI is InChI=1S/C13H27NO6S/c1-17-9-10-18-5-2-6-20-11-13(12-21(14,15)16)3-7-19-8-4-13/h2-12H2,1H3,(H2,14,15,16). The zero-order valence-corrected chi connectivity index (χ0v) is 13.5. The minimum absolute atomic E-state index is 0.0479. The van der Waals surface area contributed by atoms with E-state index in [9.17, 15) is 8.42 Å². The predicted octanol–water partition coefficient (Wildman–Crippen LogP) is 0.141. The van der Waals surface area contributed by atoms with Gasteiger partial charge in [0.2, 0.25) is 10.0 Å². The van der Waals surface area contributed by atoms with E-state index in [0.29, 0.717) is 59.1 Å². The first-order chi connectivity index (χ1) is 9.97. The maximum Gasteiger partial charge on any atom is 0.209 e. The number of methoxy groups -OCH3 is 1. The lowest BCUT2D eigenvalue weighted by molar-refractivity contribution is -0.0322. The molecule has 0 bridgehead atoms. The van der Waals surface area contributed by atoms with Gasteiger partial charge >= 0.3 is 0 Å². The van der Waals surface area contributed by atoms with E-state index in [2.05, 4.69) is 0 Å². The molecular formula is C13H27NO6S. The van der Waals surface area contributed by atoms with Gasteiger partial charge in [-0.3, -0.25) is 0 Å². The Morgan fingerprint density at radius 2 is 1.76 bits per heavy atom. The number of hydrogen-bond acceptors (Lipinski definition) is 6. The highest BCUT2D eigenvalue weighted by atomic mass is 32.2. The maximum absolute atomic E-state index is 11.4. The molecule has 1 heterocycles. The molecule has 0 amide bonds. The van der Waals surface area contributed by atoms with E-state index >= 15 is 0 Å². The normalized spacial score (nSPS) is 18.8. The monoisotopic (exact) mass is 325 g/mol. The molecular weight excluding hydrogens is 298 g/mol. The van der Waals surface area contributed by atoms with Crippen molar-refractivity contribution in [2.75, 3.05) is 59.1 Å². The zero-order chi connectivity index (χ0) is 15.6. The molecule has 7 nitrogen and oxygen atoms in total. The Morgan fingerprint density at radius 1 is 1.10 bits per heavy atom. The van der Waals surface area contributed by atoms with Gasteiger partial charge in [0, 0.05) is 39.0 Å². The molecule has 0 spiro atoms. The highest BCUT2D eigenvalue weighted by Gasteiger charge is 2.36. The molecule has 0 unspecified atom stereocenters. The maximum atomic E-state index is 11.4. The van der Waals surface area contributed by atoms with Crippen LogP contribution in [0, 0.1) is 5.41 Å². The molecule has 1 rings (SSSR count). The van der Waals surface area contributed by atoms with Gasteiger partial charge in [-0.2, -0.15) is 0 Å². The van der Waals surface area contributed by atoms with E-state index < -0.39 is 15.4 Å². The summed E-state index contributed by atoms with van der Waals surface area (Å²) in [6, 6.07) is 0. The number of primary sulfonamides is 1. The molecule has 126 valence electrons. The predicted molar refractivity (Wildman–Crippen MR) is 78.6 cm³/mol. The fraction of sp³-hybridized carbons (Fsp3) is 1.00. The lowest BCUT2D eigenvalue weighted by Gasteiger charge is -2.36. The molecule has 21 heavy (non-hydrogen) atoms. The van der Waals surface area contributed by atoms with Crippen LogP contribution in [0.4, 0.5) is 0 Å². The second-order valence-electron chi connectivity index (χ2n) is 5.43. The van der Waals surface area contributed by atoms with Gasteiger partial charge in [0.15, 0.2) is 0 Å². The van der Waals surface area contributed by atoms with Crippen LogP contribution in [0.5, 0.6) is 0 Å². The summed E-state index contributed by atoms with van der Waals surface area (Å²) in [6.45, 7) is 3.80. The summed E-state index contributed by atoms with van der Waals surface area (Å²) in [6.07, 6.45) is 2.09. The molecule has 1 aliphatic rings. The lowest BCUT2D eigenvalue weighted by atomic mass is 9.83. The molecule has 0 aliphatic carbocycles. The van der Waals surface area contributed by atoms with Crippen molar-refractivity contribution >= 4 is 10.0 Å². The Hall–Kier alpha value is -0.250. The Balaban J connectivity index is 2.24. The van der Waals surface area contributed by atoms with Crippen molar-refractivity contribution in [3.8, 4) is 0 Å². The van der Waals surface area contributed by atoms with Crippen LogP contribution in [0.2, 0.25) is 0 Å². The summed E-state index contributed by atoms with van der Waals surface area (Å²) in [5, 5.41) is 5.19. The number of sulfonamides is 1. The summed E-state index contributed by atoms with van der Waals surface area (Å²) in [5.41, 5.74) is -0.414. The van der Waals surface area contributed by atoms with E-state index in [-0.39, 0.29) is 5.75 Å². The van der Waals surface area contributed by atoms with Crippen LogP contribution in [0.3, 0.4) is 0 Å². The lowest BCUT2D eigenvalue weighted by Crippen LogP contribution is -2.42. The topological polar surface area (TPSA) is 97.1 Å². The molecule has 2 N–H and O–H groups in total. The Morgan fingerprint density at radius 3 is 2.38 bits per heavy atom. The van der Waals surface area contributed by atoms with E-state index in [1.165, 1.54) is 0 Å². The summed E-state index contributed by atoms with van der Waals surface area (Å²) >= 11 is 0. The van der Waals surface area contributed by atoms with E-state index in [0.717, 1.165) is 6.42 Å². The van der Waals surface area contributed by atoms with Crippen LogP contribution in [0.25, 0.3) is 0 Å². The van der Waals surface area contributed by atoms with Crippen LogP contribution in [0.15, 0.2) is 0 Å². The number of hydrogen-bond donors (Lipinski definition) is 1. The van der Waals surface area contributed by atoms with Crippen molar-refractivity contribution in [1.82, 2.24) is 0 Å². The number of nitrogens with two attached hydrogens (primary N) is 1. The number of rotatable bonds is 11. The van der Waals surface area contributed by atoms with Gasteiger partial charge in [0.1, 0.15) is 0 Å². The molecule has 0 aromatic carbocycles. The minimum atomic E-state index is -3.51. The van der Waals surface area contributed by atoms with Crippen LogP contribution in [-0.2, 0) is 29.0 Å². The summed E-state index contributed by atoms with van der Waals surface area (Å²) in [5.74, 6) is -0.0479. The molecule has 0 aromatic heterocycles. The van der Waals surface area contributed by atoms with Crippen LogP contribution in [-0.4, -0.2) is 67.5 Å². The molecule has 0 radical (unpaired) electrons. The first-order valence-electron chi connectivity index (χ1n) is 7.20. The Kier molecular flexibility index (Phi) is 8.69. The van der Waals surface area contributed by atoms with Gasteiger partial charge in [-0.15, -0.1) is 0 Å². The molecule has 1 saturated heterocycles. The van der Waals surface area contributed by atoms with Crippen molar-refractivity contribution < 1.29 is 27.4 Å². The van der Waals surface area contributed by atoms with Crippen molar-refractivity contribution in [2.24, 2.45) is 10.6 Å². The molecule has 8 heteroatoms. The van der Waals surface area contributed by atoms with Crippen molar-refractivity contribution in [3.05, 3.63) is 0 Å². The third-order valence-corrected chi connectivity index (χ3v) is 4.49. The average molecular weight is 325 g/mol. The van der Waals surface area contributed by atoms with Gasteiger partial charge < -0.3 is 18.9 Å². The molecule has 0 saturated carbocycles. The summed E-state index contributed by atoms with van der Waals surface area (Å²) in [7, 11) is -1.88. The highest BCUT2D eigenvalue weighted by Crippen LogP contribution is 2.32. The fourth-order valence-corrected chi connectivity index (χ4v) is 3.58. The van der Waals surface area contributed by atoms with E-state index in [1.54, 1.807) is 7.11 Å². The van der Waals surface area contributed by atoms with Gasteiger partial charge in [-0.25, -0.2) is 13.6 Å². The molecule has 1 fully saturated rings.